The van der Waals surface area contributed by atoms with Crippen LogP contribution in [0.4, 0.5) is 0 Å². The Labute approximate surface area is 104 Å². The maximum absolute atomic E-state index is 11.5. The predicted molar refractivity (Wildman–Crippen MR) is 71.4 cm³/mol. The van der Waals surface area contributed by atoms with Crippen LogP contribution in [0.3, 0.4) is 0 Å². The van der Waals surface area contributed by atoms with Crippen LogP contribution < -0.4 is 5.32 Å². The molecule has 0 unspecified atom stereocenters. The summed E-state index contributed by atoms with van der Waals surface area (Å²) in [5.74, 6) is -0.0354. The third-order valence-electron chi connectivity index (χ3n) is 1.79. The molecule has 0 spiro atoms. The largest absolute Gasteiger partial charge is 0.508 e. The molecule has 0 radical (unpaired) electrons. The highest BCUT2D eigenvalue weighted by atomic mass is 32.2. The van der Waals surface area contributed by atoms with Crippen LogP contribution in [0.15, 0.2) is 29.2 Å². The van der Waals surface area contributed by atoms with Crippen LogP contribution in [0.5, 0.6) is 5.75 Å². The van der Waals surface area contributed by atoms with Gasteiger partial charge in [-0.05, 0) is 23.8 Å². The summed E-state index contributed by atoms with van der Waals surface area (Å²) in [6, 6.07) is 6.66. The zero-order valence-corrected chi connectivity index (χ0v) is 10.3. The quantitative estimate of drug-likeness (QED) is 0.638. The summed E-state index contributed by atoms with van der Waals surface area (Å²) in [7, 11) is 1.56. The van der Waals surface area contributed by atoms with Gasteiger partial charge in [0.05, 0.1) is 4.91 Å². The number of rotatable bonds is 4. The Kier molecular flexibility index (Phi) is 5.01. The zero-order chi connectivity index (χ0) is 12.0. The minimum atomic E-state index is -0.200. The molecule has 3 nitrogen and oxygen atoms in total. The first kappa shape index (κ1) is 12.7. The topological polar surface area (TPSA) is 49.3 Å². The van der Waals surface area contributed by atoms with Crippen molar-refractivity contribution in [2.24, 2.45) is 0 Å². The standard InChI is InChI=1S/C11H11NO2S2/c1-12-11(14)10(16-7-15)6-8-3-2-4-9(13)5-8/h2-7,13H,1H3,(H,12,14)/b10-6-. The van der Waals surface area contributed by atoms with Crippen LogP contribution in [0, 0.1) is 0 Å². The van der Waals surface area contributed by atoms with E-state index in [0.717, 1.165) is 5.56 Å². The molecule has 0 aliphatic carbocycles. The maximum atomic E-state index is 11.5. The molecular formula is C11H11NO2S2. The van der Waals surface area contributed by atoms with E-state index in [1.807, 2.05) is 0 Å². The lowest BCUT2D eigenvalue weighted by molar-refractivity contribution is -0.116. The summed E-state index contributed by atoms with van der Waals surface area (Å²) in [5, 5.41) is 11.8. The van der Waals surface area contributed by atoms with E-state index in [-0.39, 0.29) is 11.7 Å². The summed E-state index contributed by atoms with van der Waals surface area (Å²) >= 11 is 5.87. The predicted octanol–water partition coefficient (Wildman–Crippen LogP) is 2.17. The first-order chi connectivity index (χ1) is 7.67. The van der Waals surface area contributed by atoms with E-state index in [9.17, 15) is 9.90 Å². The molecule has 84 valence electrons. The van der Waals surface area contributed by atoms with E-state index in [0.29, 0.717) is 4.91 Å². The van der Waals surface area contributed by atoms with Crippen molar-refractivity contribution in [2.45, 2.75) is 0 Å². The molecule has 0 aromatic heterocycles. The highest BCUT2D eigenvalue weighted by molar-refractivity contribution is 8.24. The van der Waals surface area contributed by atoms with Gasteiger partial charge in [0, 0.05) is 11.7 Å². The van der Waals surface area contributed by atoms with E-state index in [1.54, 1.807) is 37.4 Å². The second kappa shape index (κ2) is 6.30. The molecule has 0 saturated carbocycles. The smallest absolute Gasteiger partial charge is 0.257 e. The minimum Gasteiger partial charge on any atom is -0.508 e. The molecule has 0 heterocycles. The molecule has 1 amide bonds. The number of amides is 1. The van der Waals surface area contributed by atoms with Crippen LogP contribution in [0.1, 0.15) is 5.56 Å². The van der Waals surface area contributed by atoms with E-state index in [1.165, 1.54) is 16.5 Å². The molecule has 0 aliphatic rings. The molecule has 0 atom stereocenters. The molecule has 1 aromatic rings. The van der Waals surface area contributed by atoms with Gasteiger partial charge in [0.1, 0.15) is 5.75 Å². The highest BCUT2D eigenvalue weighted by Crippen LogP contribution is 2.19. The number of phenolic OH excluding ortho intramolecular Hbond substituents is 1. The van der Waals surface area contributed by atoms with E-state index < -0.39 is 0 Å². The molecule has 0 bridgehead atoms. The van der Waals surface area contributed by atoms with Crippen molar-refractivity contribution in [3.8, 4) is 5.75 Å². The molecule has 0 aliphatic heterocycles. The Hall–Kier alpha value is -1.33. The summed E-state index contributed by atoms with van der Waals surface area (Å²) in [6.07, 6.45) is 1.67. The van der Waals surface area contributed by atoms with Crippen LogP contribution in [-0.4, -0.2) is 22.8 Å². The summed E-state index contributed by atoms with van der Waals surface area (Å²) in [5.41, 5.74) is 0.753. The first-order valence-corrected chi connectivity index (χ1v) is 5.85. The molecule has 5 heteroatoms. The van der Waals surface area contributed by atoms with Gasteiger partial charge >= 0.3 is 0 Å². The maximum Gasteiger partial charge on any atom is 0.257 e. The van der Waals surface area contributed by atoms with Crippen molar-refractivity contribution in [2.75, 3.05) is 7.05 Å². The summed E-state index contributed by atoms with van der Waals surface area (Å²) in [6.45, 7) is 0. The van der Waals surface area contributed by atoms with E-state index in [2.05, 4.69) is 5.32 Å². The molecule has 2 N–H and O–H groups in total. The van der Waals surface area contributed by atoms with Crippen molar-refractivity contribution < 1.29 is 9.90 Å². The van der Waals surface area contributed by atoms with Crippen molar-refractivity contribution in [1.82, 2.24) is 5.32 Å². The number of aromatic hydroxyl groups is 1. The zero-order valence-electron chi connectivity index (χ0n) is 8.64. The van der Waals surface area contributed by atoms with Gasteiger partial charge < -0.3 is 10.4 Å². The Morgan fingerprint density at radius 1 is 1.56 bits per heavy atom. The van der Waals surface area contributed by atoms with Gasteiger partial charge in [0.25, 0.3) is 5.91 Å². The van der Waals surface area contributed by atoms with Crippen molar-refractivity contribution >= 4 is 40.7 Å². The number of thiocarbonyl (C=S) groups is 1. The number of likely N-dealkylation sites (N-methyl/N-ethyl adjacent to an activating group) is 1. The second-order valence-electron chi connectivity index (χ2n) is 2.90. The van der Waals surface area contributed by atoms with E-state index >= 15 is 0 Å². The Bertz CT molecular complexity index is 430. The van der Waals surface area contributed by atoms with Crippen LogP contribution in [-0.2, 0) is 4.79 Å². The fourth-order valence-electron chi connectivity index (χ4n) is 1.09. The van der Waals surface area contributed by atoms with Gasteiger partial charge in [-0.15, -0.1) is 0 Å². The fourth-order valence-corrected chi connectivity index (χ4v) is 1.92. The number of carbonyl (C=O) groups is 1. The number of nitrogens with one attached hydrogen (secondary N) is 1. The van der Waals surface area contributed by atoms with Crippen molar-refractivity contribution in [3.63, 3.8) is 0 Å². The van der Waals surface area contributed by atoms with Crippen LogP contribution in [0.25, 0.3) is 6.08 Å². The average molecular weight is 253 g/mol. The number of hydrogen-bond donors (Lipinski definition) is 2. The van der Waals surface area contributed by atoms with Crippen LogP contribution >= 0.6 is 24.0 Å². The molecular weight excluding hydrogens is 242 g/mol. The number of carbonyl (C=O) groups excluding carboxylic acids is 1. The lowest BCUT2D eigenvalue weighted by Gasteiger charge is -2.02. The first-order valence-electron chi connectivity index (χ1n) is 4.50. The number of phenols is 1. The molecule has 1 aromatic carbocycles. The SMILES string of the molecule is CNC(=O)/C(=C/c1cccc(O)c1)SC=S. The molecule has 16 heavy (non-hydrogen) atoms. The average Bonchev–Trinajstić information content (AvgIpc) is 2.27. The third-order valence-corrected chi connectivity index (χ3v) is 2.74. The van der Waals surface area contributed by atoms with Gasteiger partial charge in [-0.2, -0.15) is 0 Å². The lowest BCUT2D eigenvalue weighted by atomic mass is 10.2. The Morgan fingerprint density at radius 2 is 2.31 bits per heavy atom. The molecule has 1 rings (SSSR count). The number of benzene rings is 1. The van der Waals surface area contributed by atoms with Crippen LogP contribution in [0.2, 0.25) is 0 Å². The second-order valence-corrected chi connectivity index (χ2v) is 4.34. The number of thioether (sulfide) groups is 1. The number of hydrogen-bond acceptors (Lipinski definition) is 4. The fraction of sp³-hybridized carbons (Fsp3) is 0.0909. The molecule has 0 fully saturated rings. The normalized spacial score (nSPS) is 10.9. The molecule has 0 saturated heterocycles. The van der Waals surface area contributed by atoms with Gasteiger partial charge in [-0.1, -0.05) is 36.1 Å². The summed E-state index contributed by atoms with van der Waals surface area (Å²) < 4.78 is 1.42. The minimum absolute atomic E-state index is 0.164. The third kappa shape index (κ3) is 3.67. The Morgan fingerprint density at radius 3 is 2.88 bits per heavy atom. The van der Waals surface area contributed by atoms with Crippen molar-refractivity contribution in [3.05, 3.63) is 34.7 Å². The van der Waals surface area contributed by atoms with Gasteiger partial charge in [0.2, 0.25) is 0 Å². The Balaban J connectivity index is 3.01. The lowest BCUT2D eigenvalue weighted by Crippen LogP contribution is -2.18. The van der Waals surface area contributed by atoms with Crippen molar-refractivity contribution in [1.29, 1.82) is 0 Å². The highest BCUT2D eigenvalue weighted by Gasteiger charge is 2.06. The monoisotopic (exact) mass is 253 g/mol. The summed E-state index contributed by atoms with van der Waals surface area (Å²) in [4.78, 5) is 12.0. The van der Waals surface area contributed by atoms with Gasteiger partial charge in [0.15, 0.2) is 0 Å². The van der Waals surface area contributed by atoms with E-state index in [4.69, 9.17) is 12.2 Å². The van der Waals surface area contributed by atoms with Gasteiger partial charge in [-0.25, -0.2) is 0 Å². The van der Waals surface area contributed by atoms with Gasteiger partial charge in [-0.3, -0.25) is 4.79 Å².